The van der Waals surface area contributed by atoms with E-state index in [0.29, 0.717) is 53.0 Å². The monoisotopic (exact) mass is 638 g/mol. The molecule has 47 heavy (non-hydrogen) atoms. The summed E-state index contributed by atoms with van der Waals surface area (Å²) in [7, 11) is 3.15. The zero-order chi connectivity index (χ0) is 33.3. The lowest BCUT2D eigenvalue weighted by molar-refractivity contribution is -0.140. The lowest BCUT2D eigenvalue weighted by Gasteiger charge is -2.34. The molecule has 1 atom stereocenters. The fraction of sp³-hybridized carbons (Fsp3) is 0.270. The number of amides is 2. The van der Waals surface area contributed by atoms with E-state index in [0.717, 1.165) is 11.1 Å². The molecule has 1 unspecified atom stereocenters. The van der Waals surface area contributed by atoms with Gasteiger partial charge in [-0.1, -0.05) is 36.4 Å². The van der Waals surface area contributed by atoms with Crippen LogP contribution in [0.3, 0.4) is 0 Å². The van der Waals surface area contributed by atoms with Crippen LogP contribution in [0.25, 0.3) is 0 Å². The van der Waals surface area contributed by atoms with Crippen molar-refractivity contribution in [2.45, 2.75) is 39.2 Å². The average molecular weight is 639 g/mol. The maximum atomic E-state index is 13.6. The standard InChI is InChI=1S/C37H38N2O8/c1-5-45-37(42)35-24(2)39(34(40)22-30(35)26-10-9-13-28(21-26)46-27-11-7-6-8-12-27)23-29-15-17-32(47-29)36(41)38-19-18-25-14-16-31(43-3)33(20-25)44-4/h6-17,20-21,30H,5,18-19,22-23H2,1-4H3,(H,38,41). The average Bonchev–Trinajstić information content (AvgIpc) is 3.56. The van der Waals surface area contributed by atoms with Crippen LogP contribution in [0.2, 0.25) is 0 Å². The minimum Gasteiger partial charge on any atom is -0.493 e. The minimum absolute atomic E-state index is 0.0461. The van der Waals surface area contributed by atoms with Gasteiger partial charge < -0.3 is 33.6 Å². The lowest BCUT2D eigenvalue weighted by Crippen LogP contribution is -2.38. The van der Waals surface area contributed by atoms with Crippen LogP contribution in [0.5, 0.6) is 23.0 Å². The van der Waals surface area contributed by atoms with Gasteiger partial charge in [-0.2, -0.15) is 0 Å². The van der Waals surface area contributed by atoms with Crippen LogP contribution < -0.4 is 19.5 Å². The highest BCUT2D eigenvalue weighted by molar-refractivity contribution is 5.96. The van der Waals surface area contributed by atoms with Gasteiger partial charge in [0.25, 0.3) is 5.91 Å². The highest BCUT2D eigenvalue weighted by Crippen LogP contribution is 2.39. The van der Waals surface area contributed by atoms with E-state index in [2.05, 4.69) is 5.32 Å². The summed E-state index contributed by atoms with van der Waals surface area (Å²) in [6.07, 6.45) is 0.621. The Kier molecular flexibility index (Phi) is 10.6. The molecule has 244 valence electrons. The molecule has 0 radical (unpaired) electrons. The molecule has 0 aliphatic carbocycles. The van der Waals surface area contributed by atoms with Gasteiger partial charge in [-0.15, -0.1) is 0 Å². The molecule has 0 bridgehead atoms. The molecule has 1 N–H and O–H groups in total. The second kappa shape index (κ2) is 15.2. The Morgan fingerprint density at radius 3 is 2.43 bits per heavy atom. The molecule has 1 aromatic heterocycles. The summed E-state index contributed by atoms with van der Waals surface area (Å²) >= 11 is 0. The molecular formula is C37H38N2O8. The highest BCUT2D eigenvalue weighted by atomic mass is 16.5. The van der Waals surface area contributed by atoms with Gasteiger partial charge in [0.15, 0.2) is 17.3 Å². The van der Waals surface area contributed by atoms with Crippen LogP contribution in [0, 0.1) is 0 Å². The maximum absolute atomic E-state index is 13.6. The predicted octanol–water partition coefficient (Wildman–Crippen LogP) is 6.41. The summed E-state index contributed by atoms with van der Waals surface area (Å²) in [6.45, 7) is 4.09. The van der Waals surface area contributed by atoms with Crippen LogP contribution in [-0.2, 0) is 27.3 Å². The van der Waals surface area contributed by atoms with Gasteiger partial charge in [0.2, 0.25) is 5.91 Å². The van der Waals surface area contributed by atoms with Crippen molar-refractivity contribution in [3.8, 4) is 23.0 Å². The van der Waals surface area contributed by atoms with E-state index in [1.807, 2.05) is 72.8 Å². The lowest BCUT2D eigenvalue weighted by atomic mass is 9.83. The van der Waals surface area contributed by atoms with Crippen LogP contribution in [0.15, 0.2) is 101 Å². The van der Waals surface area contributed by atoms with Crippen LogP contribution >= 0.6 is 0 Å². The van der Waals surface area contributed by atoms with Crippen molar-refractivity contribution in [2.75, 3.05) is 27.4 Å². The fourth-order valence-electron chi connectivity index (χ4n) is 5.57. The molecule has 0 saturated carbocycles. The molecule has 1 aliphatic heterocycles. The number of furan rings is 1. The van der Waals surface area contributed by atoms with Gasteiger partial charge in [-0.3, -0.25) is 9.59 Å². The van der Waals surface area contributed by atoms with Crippen molar-refractivity contribution in [1.82, 2.24) is 10.2 Å². The quantitative estimate of drug-likeness (QED) is 0.167. The first-order valence-corrected chi connectivity index (χ1v) is 15.4. The zero-order valence-electron chi connectivity index (χ0n) is 26.9. The van der Waals surface area contributed by atoms with Crippen LogP contribution in [0.4, 0.5) is 0 Å². The molecular weight excluding hydrogens is 600 g/mol. The van der Waals surface area contributed by atoms with Crippen molar-refractivity contribution < 1.29 is 37.7 Å². The van der Waals surface area contributed by atoms with Gasteiger partial charge in [0.1, 0.15) is 17.3 Å². The van der Waals surface area contributed by atoms with Crippen molar-refractivity contribution in [1.29, 1.82) is 0 Å². The summed E-state index contributed by atoms with van der Waals surface area (Å²) in [4.78, 5) is 41.2. The number of methoxy groups -OCH3 is 2. The number of hydrogen-bond donors (Lipinski definition) is 1. The van der Waals surface area contributed by atoms with Crippen molar-refractivity contribution in [3.05, 3.63) is 119 Å². The second-order valence-corrected chi connectivity index (χ2v) is 10.9. The number of benzene rings is 3. The first-order chi connectivity index (χ1) is 22.8. The van der Waals surface area contributed by atoms with E-state index < -0.39 is 11.9 Å². The molecule has 1 aliphatic rings. The molecule has 2 amide bonds. The zero-order valence-corrected chi connectivity index (χ0v) is 26.9. The molecule has 2 heterocycles. The summed E-state index contributed by atoms with van der Waals surface area (Å²) in [5, 5.41) is 2.86. The molecule has 0 fully saturated rings. The summed E-state index contributed by atoms with van der Waals surface area (Å²) < 4.78 is 27.9. The maximum Gasteiger partial charge on any atom is 0.336 e. The Bertz CT molecular complexity index is 1760. The van der Waals surface area contributed by atoms with Gasteiger partial charge in [-0.05, 0) is 79.9 Å². The third kappa shape index (κ3) is 7.84. The number of hydrogen-bond acceptors (Lipinski definition) is 8. The fourth-order valence-corrected chi connectivity index (χ4v) is 5.57. The number of ether oxygens (including phenoxy) is 4. The number of nitrogens with one attached hydrogen (secondary N) is 1. The smallest absolute Gasteiger partial charge is 0.336 e. The van der Waals surface area contributed by atoms with Gasteiger partial charge in [0.05, 0.1) is 32.9 Å². The highest BCUT2D eigenvalue weighted by Gasteiger charge is 2.37. The van der Waals surface area contributed by atoms with E-state index in [1.54, 1.807) is 40.2 Å². The number of para-hydroxylation sites is 1. The first-order valence-electron chi connectivity index (χ1n) is 15.4. The van der Waals surface area contributed by atoms with Gasteiger partial charge in [0, 0.05) is 24.6 Å². The molecule has 0 spiro atoms. The van der Waals surface area contributed by atoms with Crippen molar-refractivity contribution in [2.24, 2.45) is 0 Å². The van der Waals surface area contributed by atoms with E-state index >= 15 is 0 Å². The Morgan fingerprint density at radius 1 is 0.915 bits per heavy atom. The van der Waals surface area contributed by atoms with E-state index in [4.69, 9.17) is 23.4 Å². The SMILES string of the molecule is CCOC(=O)C1=C(C)N(Cc2ccc(C(=O)NCCc3ccc(OC)c(OC)c3)o2)C(=O)CC1c1cccc(Oc2ccccc2)c1. The Labute approximate surface area is 273 Å². The summed E-state index contributed by atoms with van der Waals surface area (Å²) in [6, 6.07) is 25.6. The third-order valence-electron chi connectivity index (χ3n) is 7.90. The minimum atomic E-state index is -0.527. The van der Waals surface area contributed by atoms with Gasteiger partial charge >= 0.3 is 5.97 Å². The first kappa shape index (κ1) is 32.9. The Morgan fingerprint density at radius 2 is 1.68 bits per heavy atom. The third-order valence-corrected chi connectivity index (χ3v) is 7.90. The van der Waals surface area contributed by atoms with Crippen LogP contribution in [-0.4, -0.2) is 50.1 Å². The molecule has 0 saturated heterocycles. The number of rotatable bonds is 13. The van der Waals surface area contributed by atoms with E-state index in [-0.39, 0.29) is 37.1 Å². The molecule has 10 nitrogen and oxygen atoms in total. The second-order valence-electron chi connectivity index (χ2n) is 10.9. The topological polar surface area (TPSA) is 117 Å². The Hall–Kier alpha value is -5.51. The number of nitrogens with zero attached hydrogens (tertiary/aromatic N) is 1. The predicted molar refractivity (Wildman–Crippen MR) is 174 cm³/mol. The number of allylic oxidation sites excluding steroid dienone is 1. The van der Waals surface area contributed by atoms with Crippen molar-refractivity contribution >= 4 is 17.8 Å². The molecule has 3 aromatic carbocycles. The summed E-state index contributed by atoms with van der Waals surface area (Å²) in [5.74, 6) is 1.47. The van der Waals surface area contributed by atoms with Gasteiger partial charge in [-0.25, -0.2) is 4.79 Å². The van der Waals surface area contributed by atoms with Crippen LogP contribution in [0.1, 0.15) is 53.6 Å². The van der Waals surface area contributed by atoms with Crippen molar-refractivity contribution in [3.63, 3.8) is 0 Å². The normalized spacial score (nSPS) is 14.5. The largest absolute Gasteiger partial charge is 0.493 e. The molecule has 4 aromatic rings. The number of esters is 1. The molecule has 10 heteroatoms. The summed E-state index contributed by atoms with van der Waals surface area (Å²) in [5.41, 5.74) is 2.60. The number of carbonyl (C=O) groups excluding carboxylic acids is 3. The Balaban J connectivity index is 1.29. The van der Waals surface area contributed by atoms with E-state index in [9.17, 15) is 14.4 Å². The van der Waals surface area contributed by atoms with E-state index in [1.165, 1.54) is 4.90 Å². The molecule has 5 rings (SSSR count). The number of carbonyl (C=O) groups is 3.